The van der Waals surface area contributed by atoms with Crippen molar-refractivity contribution in [3.05, 3.63) is 58.2 Å². The molecule has 0 aliphatic carbocycles. The number of thiazole rings is 1. The zero-order chi connectivity index (χ0) is 19.8. The summed E-state index contributed by atoms with van der Waals surface area (Å²) in [6, 6.07) is 12.2. The summed E-state index contributed by atoms with van der Waals surface area (Å²) in [7, 11) is 1.75. The van der Waals surface area contributed by atoms with Gasteiger partial charge in [0.1, 0.15) is 5.01 Å². The maximum Gasteiger partial charge on any atom is 0.191 e. The highest BCUT2D eigenvalue weighted by atomic mass is 32.1. The standard InChI is InChI=1S/C21H27N5OS/c1-4-15(5-2)18-11-17(27-26-18)12-23-21(22-3)24-13-20-25-19(14-28-20)16-9-7-6-8-10-16/h6-11,14-15H,4-5,12-13H2,1-3H3,(H2,22,23,24). The first kappa shape index (κ1) is 20.1. The summed E-state index contributed by atoms with van der Waals surface area (Å²) in [6.07, 6.45) is 2.13. The number of nitrogens with zero attached hydrogens (tertiary/aromatic N) is 3. The summed E-state index contributed by atoms with van der Waals surface area (Å²) < 4.78 is 5.45. The number of rotatable bonds is 8. The van der Waals surface area contributed by atoms with Crippen molar-refractivity contribution in [2.24, 2.45) is 4.99 Å². The third kappa shape index (κ3) is 5.19. The van der Waals surface area contributed by atoms with Crippen molar-refractivity contribution in [3.8, 4) is 11.3 Å². The van der Waals surface area contributed by atoms with E-state index in [2.05, 4.69) is 52.1 Å². The molecular weight excluding hydrogens is 370 g/mol. The summed E-state index contributed by atoms with van der Waals surface area (Å²) in [5.41, 5.74) is 3.16. The second-order valence-electron chi connectivity index (χ2n) is 6.50. The second-order valence-corrected chi connectivity index (χ2v) is 7.45. The number of hydrogen-bond donors (Lipinski definition) is 2. The van der Waals surface area contributed by atoms with Gasteiger partial charge in [0.25, 0.3) is 0 Å². The Bertz CT molecular complexity index is 883. The second kappa shape index (κ2) is 10.0. The van der Waals surface area contributed by atoms with Crippen molar-refractivity contribution >= 4 is 17.3 Å². The fraction of sp³-hybridized carbons (Fsp3) is 0.381. The molecule has 0 fully saturated rings. The van der Waals surface area contributed by atoms with E-state index in [-0.39, 0.29) is 0 Å². The summed E-state index contributed by atoms with van der Waals surface area (Å²) in [6.45, 7) is 5.51. The van der Waals surface area contributed by atoms with Crippen LogP contribution >= 0.6 is 11.3 Å². The van der Waals surface area contributed by atoms with Crippen LogP contribution in [0.4, 0.5) is 0 Å². The van der Waals surface area contributed by atoms with Gasteiger partial charge in [-0.1, -0.05) is 49.3 Å². The number of hydrogen-bond acceptors (Lipinski definition) is 5. The molecule has 0 unspecified atom stereocenters. The number of benzene rings is 1. The van der Waals surface area contributed by atoms with Crippen LogP contribution in [-0.2, 0) is 13.1 Å². The molecule has 0 bridgehead atoms. The van der Waals surface area contributed by atoms with Crippen molar-refractivity contribution in [1.82, 2.24) is 20.8 Å². The van der Waals surface area contributed by atoms with Gasteiger partial charge in [-0.3, -0.25) is 4.99 Å². The Morgan fingerprint density at radius 2 is 1.89 bits per heavy atom. The Morgan fingerprint density at radius 1 is 1.14 bits per heavy atom. The third-order valence-electron chi connectivity index (χ3n) is 4.66. The molecule has 3 aromatic rings. The Balaban J connectivity index is 1.51. The van der Waals surface area contributed by atoms with Gasteiger partial charge in [-0.15, -0.1) is 11.3 Å². The first-order chi connectivity index (χ1) is 13.7. The highest BCUT2D eigenvalue weighted by Crippen LogP contribution is 2.23. The Labute approximate surface area is 170 Å². The number of aliphatic imine (C=N–C) groups is 1. The largest absolute Gasteiger partial charge is 0.359 e. The van der Waals surface area contributed by atoms with E-state index < -0.39 is 0 Å². The van der Waals surface area contributed by atoms with Crippen molar-refractivity contribution in [2.75, 3.05) is 7.05 Å². The van der Waals surface area contributed by atoms with Crippen molar-refractivity contribution in [3.63, 3.8) is 0 Å². The van der Waals surface area contributed by atoms with Gasteiger partial charge in [-0.25, -0.2) is 4.98 Å². The molecule has 148 valence electrons. The molecule has 0 saturated heterocycles. The minimum atomic E-state index is 0.457. The van der Waals surface area contributed by atoms with Crippen LogP contribution in [0.3, 0.4) is 0 Å². The van der Waals surface area contributed by atoms with E-state index >= 15 is 0 Å². The maximum absolute atomic E-state index is 5.45. The normalized spacial score (nSPS) is 11.8. The lowest BCUT2D eigenvalue weighted by Gasteiger charge is -2.09. The van der Waals surface area contributed by atoms with E-state index in [4.69, 9.17) is 9.51 Å². The third-order valence-corrected chi connectivity index (χ3v) is 5.51. The number of aromatic nitrogens is 2. The van der Waals surface area contributed by atoms with Crippen LogP contribution in [0.2, 0.25) is 0 Å². The summed E-state index contributed by atoms with van der Waals surface area (Å²) in [5.74, 6) is 1.97. The van der Waals surface area contributed by atoms with Crippen LogP contribution in [0, 0.1) is 0 Å². The van der Waals surface area contributed by atoms with Crippen LogP contribution in [-0.4, -0.2) is 23.1 Å². The molecule has 3 rings (SSSR count). The van der Waals surface area contributed by atoms with Crippen molar-refractivity contribution in [1.29, 1.82) is 0 Å². The monoisotopic (exact) mass is 397 g/mol. The molecule has 0 radical (unpaired) electrons. The quantitative estimate of drug-likeness (QED) is 0.430. The lowest BCUT2D eigenvalue weighted by atomic mass is 9.99. The predicted octanol–water partition coefficient (Wildman–Crippen LogP) is 4.57. The molecule has 1 aromatic carbocycles. The molecule has 2 heterocycles. The van der Waals surface area contributed by atoms with E-state index in [1.165, 1.54) is 0 Å². The first-order valence-electron chi connectivity index (χ1n) is 9.63. The van der Waals surface area contributed by atoms with Gasteiger partial charge in [0.2, 0.25) is 0 Å². The average Bonchev–Trinajstić information content (AvgIpc) is 3.40. The van der Waals surface area contributed by atoms with Crippen LogP contribution in [0.5, 0.6) is 0 Å². The molecule has 0 amide bonds. The zero-order valence-electron chi connectivity index (χ0n) is 16.6. The zero-order valence-corrected chi connectivity index (χ0v) is 17.4. The Hall–Kier alpha value is -2.67. The molecule has 2 N–H and O–H groups in total. The lowest BCUT2D eigenvalue weighted by Crippen LogP contribution is -2.36. The van der Waals surface area contributed by atoms with Gasteiger partial charge in [0, 0.05) is 30.0 Å². The summed E-state index contributed by atoms with van der Waals surface area (Å²) in [4.78, 5) is 8.96. The van der Waals surface area contributed by atoms with Crippen molar-refractivity contribution < 1.29 is 4.52 Å². The van der Waals surface area contributed by atoms with Gasteiger partial charge in [-0.2, -0.15) is 0 Å². The molecule has 0 saturated carbocycles. The average molecular weight is 398 g/mol. The highest BCUT2D eigenvalue weighted by molar-refractivity contribution is 7.09. The van der Waals surface area contributed by atoms with Crippen molar-refractivity contribution in [2.45, 2.75) is 45.7 Å². The molecule has 0 aliphatic rings. The van der Waals surface area contributed by atoms with E-state index in [9.17, 15) is 0 Å². The molecular formula is C21H27N5OS. The topological polar surface area (TPSA) is 75.3 Å². The molecule has 0 atom stereocenters. The van der Waals surface area contributed by atoms with Crippen LogP contribution in [0.15, 0.2) is 51.3 Å². The molecule has 6 nitrogen and oxygen atoms in total. The SMILES string of the molecule is CCC(CC)c1cc(CNC(=NC)NCc2nc(-c3ccccc3)cs2)on1. The first-order valence-corrected chi connectivity index (χ1v) is 10.5. The van der Waals surface area contributed by atoms with Gasteiger partial charge >= 0.3 is 0 Å². The van der Waals surface area contributed by atoms with E-state index in [0.29, 0.717) is 25.0 Å². The molecule has 0 aliphatic heterocycles. The summed E-state index contributed by atoms with van der Waals surface area (Å²) >= 11 is 1.64. The summed E-state index contributed by atoms with van der Waals surface area (Å²) in [5, 5.41) is 13.9. The van der Waals surface area contributed by atoms with E-state index in [0.717, 1.165) is 40.6 Å². The number of guanidine groups is 1. The fourth-order valence-electron chi connectivity index (χ4n) is 3.00. The molecule has 2 aromatic heterocycles. The predicted molar refractivity (Wildman–Crippen MR) is 114 cm³/mol. The van der Waals surface area contributed by atoms with E-state index in [1.54, 1.807) is 18.4 Å². The van der Waals surface area contributed by atoms with E-state index in [1.807, 2.05) is 24.3 Å². The minimum Gasteiger partial charge on any atom is -0.359 e. The van der Waals surface area contributed by atoms with Gasteiger partial charge in [0.15, 0.2) is 11.7 Å². The van der Waals surface area contributed by atoms with Crippen LogP contribution in [0.25, 0.3) is 11.3 Å². The van der Waals surface area contributed by atoms with Gasteiger partial charge in [-0.05, 0) is 12.8 Å². The Kier molecular flexibility index (Phi) is 7.19. The molecule has 7 heteroatoms. The Morgan fingerprint density at radius 3 is 2.61 bits per heavy atom. The van der Waals surface area contributed by atoms with Gasteiger partial charge < -0.3 is 15.2 Å². The molecule has 0 spiro atoms. The number of nitrogens with one attached hydrogen (secondary N) is 2. The fourth-order valence-corrected chi connectivity index (χ4v) is 3.74. The highest BCUT2D eigenvalue weighted by Gasteiger charge is 2.13. The maximum atomic E-state index is 5.45. The van der Waals surface area contributed by atoms with Crippen LogP contribution < -0.4 is 10.6 Å². The molecule has 28 heavy (non-hydrogen) atoms. The minimum absolute atomic E-state index is 0.457. The van der Waals surface area contributed by atoms with Crippen LogP contribution in [0.1, 0.15) is 49.1 Å². The smallest absolute Gasteiger partial charge is 0.191 e. The van der Waals surface area contributed by atoms with Gasteiger partial charge in [0.05, 0.1) is 24.5 Å². The lowest BCUT2D eigenvalue weighted by molar-refractivity contribution is 0.368.